The lowest BCUT2D eigenvalue weighted by Crippen LogP contribution is -2.30. The van der Waals surface area contributed by atoms with E-state index in [0.717, 1.165) is 23.8 Å². The van der Waals surface area contributed by atoms with Crippen LogP contribution in [0.15, 0.2) is 42.5 Å². The Kier molecular flexibility index (Phi) is 5.82. The number of fused-ring (bicyclic) bond motifs is 1. The number of piperidine rings is 1. The maximum Gasteiger partial charge on any atom is 0.162 e. The van der Waals surface area contributed by atoms with E-state index in [9.17, 15) is 4.79 Å². The van der Waals surface area contributed by atoms with Crippen LogP contribution in [0.4, 0.5) is 0 Å². The number of hydrogen-bond donors (Lipinski definition) is 0. The predicted molar refractivity (Wildman–Crippen MR) is 96.7 cm³/mol. The van der Waals surface area contributed by atoms with Crippen LogP contribution in [0.2, 0.25) is 0 Å². The first-order chi connectivity index (χ1) is 11.3. The van der Waals surface area contributed by atoms with Crippen LogP contribution < -0.4 is 0 Å². The first-order valence-corrected chi connectivity index (χ1v) is 8.89. The molecule has 0 amide bonds. The van der Waals surface area contributed by atoms with E-state index in [1.165, 1.54) is 44.3 Å². The van der Waals surface area contributed by atoms with E-state index in [4.69, 9.17) is 0 Å². The summed E-state index contributed by atoms with van der Waals surface area (Å²) in [6.45, 7) is 3.63. The molecule has 0 saturated carbocycles. The summed E-state index contributed by atoms with van der Waals surface area (Å²) in [6, 6.07) is 14.3. The molecule has 2 nitrogen and oxygen atoms in total. The van der Waals surface area contributed by atoms with Crippen molar-refractivity contribution >= 4 is 16.6 Å². The topological polar surface area (TPSA) is 20.3 Å². The van der Waals surface area contributed by atoms with Gasteiger partial charge in [-0.2, -0.15) is 0 Å². The Morgan fingerprint density at radius 3 is 2.52 bits per heavy atom. The average molecular weight is 308 g/mol. The van der Waals surface area contributed by atoms with Crippen LogP contribution in [0.5, 0.6) is 0 Å². The monoisotopic (exact) mass is 308 g/mol. The van der Waals surface area contributed by atoms with Gasteiger partial charge in [-0.3, -0.25) is 4.79 Å². The van der Waals surface area contributed by atoms with Gasteiger partial charge in [0.2, 0.25) is 0 Å². The Labute approximate surface area is 139 Å². The van der Waals surface area contributed by atoms with Crippen molar-refractivity contribution < 1.29 is 4.79 Å². The van der Waals surface area contributed by atoms with Gasteiger partial charge in [0.25, 0.3) is 0 Å². The van der Waals surface area contributed by atoms with Crippen molar-refractivity contribution in [3.8, 4) is 0 Å². The Morgan fingerprint density at radius 2 is 1.70 bits per heavy atom. The summed E-state index contributed by atoms with van der Waals surface area (Å²) in [7, 11) is 0. The number of Topliss-reactive ketones (excluding diaryl/α,β-unsaturated/α-hetero) is 1. The summed E-state index contributed by atoms with van der Waals surface area (Å²) >= 11 is 0. The normalized spacial score (nSPS) is 15.8. The predicted octanol–water partition coefficient (Wildman–Crippen LogP) is 4.88. The fraction of sp³-hybridized carbons (Fsp3) is 0.429. The molecule has 121 valence electrons. The van der Waals surface area contributed by atoms with E-state index in [1.807, 2.05) is 24.3 Å². The van der Waals surface area contributed by atoms with Crippen LogP contribution >= 0.6 is 0 Å². The summed E-state index contributed by atoms with van der Waals surface area (Å²) < 4.78 is 0. The first kappa shape index (κ1) is 16.2. The number of ketones is 1. The zero-order valence-electron chi connectivity index (χ0n) is 13.8. The summed E-state index contributed by atoms with van der Waals surface area (Å²) in [5.74, 6) is 0.281. The van der Waals surface area contributed by atoms with Crippen LogP contribution in [-0.4, -0.2) is 30.3 Å². The molecule has 0 aliphatic carbocycles. The second-order valence-electron chi connectivity index (χ2n) is 6.50. The molecule has 0 aromatic heterocycles. The minimum Gasteiger partial charge on any atom is -0.303 e. The summed E-state index contributed by atoms with van der Waals surface area (Å²) in [5.41, 5.74) is 0.857. The van der Waals surface area contributed by atoms with Gasteiger partial charge in [0.1, 0.15) is 0 Å². The third-order valence-corrected chi connectivity index (χ3v) is 4.75. The van der Waals surface area contributed by atoms with Crippen LogP contribution in [0.1, 0.15) is 48.9 Å². The second-order valence-corrected chi connectivity index (χ2v) is 6.50. The van der Waals surface area contributed by atoms with Crippen LogP contribution in [0, 0.1) is 6.42 Å². The number of likely N-dealkylation sites (tertiary alicyclic amines) is 1. The highest BCUT2D eigenvalue weighted by Gasteiger charge is 2.10. The summed E-state index contributed by atoms with van der Waals surface area (Å²) in [6.07, 6.45) is 8.90. The average Bonchev–Trinajstić information content (AvgIpc) is 2.61. The van der Waals surface area contributed by atoms with Crippen molar-refractivity contribution in [3.63, 3.8) is 0 Å². The summed E-state index contributed by atoms with van der Waals surface area (Å²) in [4.78, 5) is 14.9. The molecule has 23 heavy (non-hydrogen) atoms. The molecule has 0 atom stereocenters. The molecule has 2 aromatic rings. The number of nitrogens with zero attached hydrogens (tertiary/aromatic N) is 1. The van der Waals surface area contributed by atoms with E-state index < -0.39 is 0 Å². The van der Waals surface area contributed by atoms with Gasteiger partial charge in [0.05, 0.1) is 0 Å². The molecule has 2 aromatic carbocycles. The lowest BCUT2D eigenvalue weighted by atomic mass is 10.0. The molecular formula is C21H26NO. The maximum absolute atomic E-state index is 12.3. The molecule has 1 radical (unpaired) electrons. The van der Waals surface area contributed by atoms with Crippen LogP contribution in [-0.2, 0) is 0 Å². The Balaban J connectivity index is 1.41. The van der Waals surface area contributed by atoms with Gasteiger partial charge in [0, 0.05) is 12.0 Å². The van der Waals surface area contributed by atoms with E-state index in [0.29, 0.717) is 6.42 Å². The van der Waals surface area contributed by atoms with E-state index in [2.05, 4.69) is 29.5 Å². The maximum atomic E-state index is 12.3. The van der Waals surface area contributed by atoms with Gasteiger partial charge in [-0.25, -0.2) is 0 Å². The molecular weight excluding hydrogens is 282 g/mol. The third kappa shape index (κ3) is 4.65. The Morgan fingerprint density at radius 1 is 0.913 bits per heavy atom. The number of benzene rings is 2. The fourth-order valence-corrected chi connectivity index (χ4v) is 3.33. The number of carbonyl (C=O) groups excluding carboxylic acids is 1. The van der Waals surface area contributed by atoms with Gasteiger partial charge < -0.3 is 4.90 Å². The van der Waals surface area contributed by atoms with Crippen molar-refractivity contribution in [3.05, 3.63) is 54.4 Å². The molecule has 2 heteroatoms. The van der Waals surface area contributed by atoms with Gasteiger partial charge in [-0.1, -0.05) is 42.8 Å². The first-order valence-electron chi connectivity index (χ1n) is 8.89. The molecule has 0 spiro atoms. The van der Waals surface area contributed by atoms with Crippen molar-refractivity contribution in [2.75, 3.05) is 19.6 Å². The number of rotatable bonds is 7. The van der Waals surface area contributed by atoms with E-state index in [-0.39, 0.29) is 5.78 Å². The number of carbonyl (C=O) groups is 1. The minimum absolute atomic E-state index is 0.281. The SMILES string of the molecule is O=C(CCCCCN1CC[CH]CC1)c1ccc2ccccc2c1. The zero-order chi connectivity index (χ0) is 15.9. The van der Waals surface area contributed by atoms with Crippen molar-refractivity contribution in [1.82, 2.24) is 4.90 Å². The molecule has 3 rings (SSSR count). The smallest absolute Gasteiger partial charge is 0.162 e. The van der Waals surface area contributed by atoms with Gasteiger partial charge in [-0.15, -0.1) is 0 Å². The molecule has 1 saturated heterocycles. The van der Waals surface area contributed by atoms with Crippen molar-refractivity contribution in [1.29, 1.82) is 0 Å². The molecule has 1 aliphatic heterocycles. The molecule has 0 bridgehead atoms. The van der Waals surface area contributed by atoms with Gasteiger partial charge >= 0.3 is 0 Å². The number of unbranched alkanes of at least 4 members (excludes halogenated alkanes) is 2. The molecule has 1 heterocycles. The third-order valence-electron chi connectivity index (χ3n) is 4.75. The largest absolute Gasteiger partial charge is 0.303 e. The van der Waals surface area contributed by atoms with Gasteiger partial charge in [0.15, 0.2) is 5.78 Å². The quantitative estimate of drug-likeness (QED) is 0.536. The lowest BCUT2D eigenvalue weighted by molar-refractivity contribution is 0.0979. The molecule has 1 aliphatic rings. The molecule has 0 N–H and O–H groups in total. The standard InChI is InChI=1S/C21H26NO/c23-21(11-3-1-6-14-22-15-7-2-8-16-22)20-13-12-18-9-4-5-10-19(18)17-20/h2,4-5,9-10,12-13,17H,1,3,6-8,11,14-16H2. The number of hydrogen-bond acceptors (Lipinski definition) is 2. The second kappa shape index (κ2) is 8.26. The van der Waals surface area contributed by atoms with Crippen molar-refractivity contribution in [2.24, 2.45) is 0 Å². The Hall–Kier alpha value is -1.67. The molecule has 0 unspecified atom stereocenters. The van der Waals surface area contributed by atoms with Crippen molar-refractivity contribution in [2.45, 2.75) is 38.5 Å². The van der Waals surface area contributed by atoms with E-state index >= 15 is 0 Å². The van der Waals surface area contributed by atoms with Gasteiger partial charge in [-0.05, 0) is 68.6 Å². The highest BCUT2D eigenvalue weighted by atomic mass is 16.1. The Bertz CT molecular complexity index is 643. The summed E-state index contributed by atoms with van der Waals surface area (Å²) in [5, 5.41) is 2.35. The highest BCUT2D eigenvalue weighted by molar-refractivity contribution is 5.99. The molecule has 1 fully saturated rings. The van der Waals surface area contributed by atoms with Crippen LogP contribution in [0.3, 0.4) is 0 Å². The zero-order valence-corrected chi connectivity index (χ0v) is 13.8. The van der Waals surface area contributed by atoms with Crippen LogP contribution in [0.25, 0.3) is 10.8 Å². The van der Waals surface area contributed by atoms with E-state index in [1.54, 1.807) is 0 Å². The fourth-order valence-electron chi connectivity index (χ4n) is 3.33. The lowest BCUT2D eigenvalue weighted by Gasteiger charge is -2.26. The minimum atomic E-state index is 0.281. The highest BCUT2D eigenvalue weighted by Crippen LogP contribution is 2.18.